The van der Waals surface area contributed by atoms with Gasteiger partial charge in [0, 0.05) is 31.1 Å². The van der Waals surface area contributed by atoms with E-state index in [-0.39, 0.29) is 0 Å². The van der Waals surface area contributed by atoms with Crippen LogP contribution >= 0.6 is 11.3 Å². The largest absolute Gasteiger partial charge is 0.375 e. The fraction of sp³-hybridized carbons (Fsp3) is 0.625. The van der Waals surface area contributed by atoms with Gasteiger partial charge in [0.05, 0.1) is 17.7 Å². The van der Waals surface area contributed by atoms with Crippen molar-refractivity contribution in [1.29, 1.82) is 0 Å². The molecule has 0 amide bonds. The summed E-state index contributed by atoms with van der Waals surface area (Å²) in [5.74, 6) is 0. The van der Waals surface area contributed by atoms with Crippen LogP contribution in [0.25, 0.3) is 0 Å². The molecule has 12 heavy (non-hydrogen) atoms. The van der Waals surface area contributed by atoms with Gasteiger partial charge in [0.15, 0.2) is 0 Å². The lowest BCUT2D eigenvalue weighted by Gasteiger charge is -2.22. The SMILES string of the molecule is c1csc(CC2CNCCO2)n1. The first-order valence-electron chi connectivity index (χ1n) is 4.16. The maximum absolute atomic E-state index is 5.56. The number of hydrogen-bond acceptors (Lipinski definition) is 4. The predicted octanol–water partition coefficient (Wildman–Crippen LogP) is 0.674. The van der Waals surface area contributed by atoms with Gasteiger partial charge in [0.2, 0.25) is 0 Å². The molecular formula is C8H12N2OS. The smallest absolute Gasteiger partial charge is 0.0951 e. The molecule has 1 aromatic heterocycles. The zero-order chi connectivity index (χ0) is 8.23. The minimum absolute atomic E-state index is 0.324. The Morgan fingerprint density at radius 2 is 2.75 bits per heavy atom. The topological polar surface area (TPSA) is 34.1 Å². The summed E-state index contributed by atoms with van der Waals surface area (Å²) in [5.41, 5.74) is 0. The average Bonchev–Trinajstić information content (AvgIpc) is 2.59. The van der Waals surface area contributed by atoms with Gasteiger partial charge in [-0.3, -0.25) is 0 Å². The molecular weight excluding hydrogens is 172 g/mol. The van der Waals surface area contributed by atoms with Crippen LogP contribution in [0.2, 0.25) is 0 Å². The Hall–Kier alpha value is -0.450. The summed E-state index contributed by atoms with van der Waals surface area (Å²) in [6.07, 6.45) is 3.12. The molecule has 1 aliphatic rings. The molecule has 3 nitrogen and oxygen atoms in total. The van der Waals surface area contributed by atoms with E-state index >= 15 is 0 Å². The highest BCUT2D eigenvalue weighted by Crippen LogP contribution is 2.09. The van der Waals surface area contributed by atoms with Crippen molar-refractivity contribution in [1.82, 2.24) is 10.3 Å². The van der Waals surface area contributed by atoms with Crippen LogP contribution in [0.4, 0.5) is 0 Å². The van der Waals surface area contributed by atoms with Gasteiger partial charge in [-0.2, -0.15) is 0 Å². The van der Waals surface area contributed by atoms with E-state index in [4.69, 9.17) is 4.74 Å². The summed E-state index contributed by atoms with van der Waals surface area (Å²) in [4.78, 5) is 4.22. The van der Waals surface area contributed by atoms with E-state index in [1.807, 2.05) is 11.6 Å². The second kappa shape index (κ2) is 3.98. The molecule has 4 heteroatoms. The number of morpholine rings is 1. The molecule has 0 radical (unpaired) electrons. The van der Waals surface area contributed by atoms with Crippen LogP contribution in [0.15, 0.2) is 11.6 Å². The summed E-state index contributed by atoms with van der Waals surface area (Å²) in [7, 11) is 0. The maximum atomic E-state index is 5.56. The number of rotatable bonds is 2. The summed E-state index contributed by atoms with van der Waals surface area (Å²) in [5, 5.41) is 6.47. The monoisotopic (exact) mass is 184 g/mol. The van der Waals surface area contributed by atoms with E-state index in [1.165, 1.54) is 5.01 Å². The van der Waals surface area contributed by atoms with Crippen LogP contribution < -0.4 is 5.32 Å². The van der Waals surface area contributed by atoms with Crippen LogP contribution in [0.1, 0.15) is 5.01 Å². The van der Waals surface area contributed by atoms with E-state index in [0.29, 0.717) is 6.10 Å². The van der Waals surface area contributed by atoms with Gasteiger partial charge in [-0.25, -0.2) is 4.98 Å². The Bertz CT molecular complexity index is 219. The standard InChI is InChI=1S/C8H12N2OS/c1-3-11-7(6-9-1)5-8-10-2-4-12-8/h2,4,7,9H,1,3,5-6H2. The maximum Gasteiger partial charge on any atom is 0.0951 e. The van der Waals surface area contributed by atoms with Gasteiger partial charge in [-0.15, -0.1) is 11.3 Å². The van der Waals surface area contributed by atoms with Crippen LogP contribution in [0.3, 0.4) is 0 Å². The third-order valence-electron chi connectivity index (χ3n) is 1.89. The highest BCUT2D eigenvalue weighted by atomic mass is 32.1. The fourth-order valence-corrected chi connectivity index (χ4v) is 1.98. The van der Waals surface area contributed by atoms with Crippen LogP contribution in [0.5, 0.6) is 0 Å². The number of nitrogens with zero attached hydrogens (tertiary/aromatic N) is 1. The molecule has 1 saturated heterocycles. The van der Waals surface area contributed by atoms with Crippen molar-refractivity contribution >= 4 is 11.3 Å². The van der Waals surface area contributed by atoms with Gasteiger partial charge in [-0.1, -0.05) is 0 Å². The van der Waals surface area contributed by atoms with Crippen molar-refractivity contribution < 1.29 is 4.74 Å². The second-order valence-corrected chi connectivity index (χ2v) is 3.81. The Morgan fingerprint density at radius 1 is 1.75 bits per heavy atom. The van der Waals surface area contributed by atoms with E-state index in [2.05, 4.69) is 10.3 Å². The summed E-state index contributed by atoms with van der Waals surface area (Å²) < 4.78 is 5.56. The van der Waals surface area contributed by atoms with E-state index in [9.17, 15) is 0 Å². The Morgan fingerprint density at radius 3 is 3.42 bits per heavy atom. The van der Waals surface area contributed by atoms with Crippen molar-refractivity contribution in [3.05, 3.63) is 16.6 Å². The van der Waals surface area contributed by atoms with Gasteiger partial charge >= 0.3 is 0 Å². The van der Waals surface area contributed by atoms with Crippen molar-refractivity contribution in [2.24, 2.45) is 0 Å². The second-order valence-electron chi connectivity index (χ2n) is 2.83. The quantitative estimate of drug-likeness (QED) is 0.733. The Balaban J connectivity index is 1.86. The number of nitrogens with one attached hydrogen (secondary N) is 1. The Kier molecular flexibility index (Phi) is 2.71. The third kappa shape index (κ3) is 2.03. The van der Waals surface area contributed by atoms with Crippen molar-refractivity contribution in [3.8, 4) is 0 Å². The minimum atomic E-state index is 0.324. The number of ether oxygens (including phenoxy) is 1. The molecule has 0 aliphatic carbocycles. The first kappa shape index (κ1) is 8.16. The van der Waals surface area contributed by atoms with Crippen molar-refractivity contribution in [2.45, 2.75) is 12.5 Å². The van der Waals surface area contributed by atoms with E-state index in [1.54, 1.807) is 11.3 Å². The van der Waals surface area contributed by atoms with Gasteiger partial charge < -0.3 is 10.1 Å². The van der Waals surface area contributed by atoms with Gasteiger partial charge in [-0.05, 0) is 0 Å². The highest BCUT2D eigenvalue weighted by molar-refractivity contribution is 7.09. The molecule has 1 aromatic rings. The van der Waals surface area contributed by atoms with Crippen LogP contribution in [-0.2, 0) is 11.2 Å². The highest BCUT2D eigenvalue weighted by Gasteiger charge is 2.14. The zero-order valence-corrected chi connectivity index (χ0v) is 7.64. The zero-order valence-electron chi connectivity index (χ0n) is 6.82. The molecule has 1 fully saturated rings. The van der Waals surface area contributed by atoms with E-state index in [0.717, 1.165) is 26.1 Å². The first-order chi connectivity index (χ1) is 5.95. The molecule has 1 unspecified atom stereocenters. The molecule has 66 valence electrons. The van der Waals surface area contributed by atoms with E-state index < -0.39 is 0 Å². The summed E-state index contributed by atoms with van der Waals surface area (Å²) in [6.45, 7) is 2.77. The number of hydrogen-bond donors (Lipinski definition) is 1. The number of aromatic nitrogens is 1. The van der Waals surface area contributed by atoms with Crippen LogP contribution in [-0.4, -0.2) is 30.8 Å². The third-order valence-corrected chi connectivity index (χ3v) is 2.69. The first-order valence-corrected chi connectivity index (χ1v) is 5.04. The average molecular weight is 184 g/mol. The van der Waals surface area contributed by atoms with Crippen molar-refractivity contribution in [3.63, 3.8) is 0 Å². The Labute approximate surface area is 75.8 Å². The number of thiazole rings is 1. The van der Waals surface area contributed by atoms with Crippen LogP contribution in [0, 0.1) is 0 Å². The molecule has 0 saturated carbocycles. The fourth-order valence-electron chi connectivity index (χ4n) is 1.30. The molecule has 0 spiro atoms. The summed E-state index contributed by atoms with van der Waals surface area (Å²) >= 11 is 1.70. The van der Waals surface area contributed by atoms with Crippen molar-refractivity contribution in [2.75, 3.05) is 19.7 Å². The molecule has 0 bridgehead atoms. The lowest BCUT2D eigenvalue weighted by molar-refractivity contribution is 0.0292. The lowest BCUT2D eigenvalue weighted by Crippen LogP contribution is -2.39. The molecule has 1 aliphatic heterocycles. The molecule has 1 atom stereocenters. The molecule has 0 aromatic carbocycles. The predicted molar refractivity (Wildman–Crippen MR) is 48.4 cm³/mol. The normalized spacial score (nSPS) is 24.2. The lowest BCUT2D eigenvalue weighted by atomic mass is 10.2. The van der Waals surface area contributed by atoms with Gasteiger partial charge in [0.1, 0.15) is 0 Å². The minimum Gasteiger partial charge on any atom is -0.375 e. The summed E-state index contributed by atoms with van der Waals surface area (Å²) in [6, 6.07) is 0. The molecule has 2 heterocycles. The molecule has 2 rings (SSSR count). The van der Waals surface area contributed by atoms with Gasteiger partial charge in [0.25, 0.3) is 0 Å². The molecule has 1 N–H and O–H groups in total.